The zero-order valence-corrected chi connectivity index (χ0v) is 40.0. The molecule has 72 heavy (non-hydrogen) atoms. The molecule has 8 heteroatoms. The SMILES string of the molecule is C=CCCCOC1OC(COC(c2ccccc2)(c2ccccc2)c2ccccc2)C(OC(c2ccccc2)(c2ccccc2)c2ccccc2)C(OCc2ccccc2)C1N1C(=O)c2ccccc2C1=O. The van der Waals surface area contributed by atoms with Crippen LogP contribution in [-0.4, -0.2) is 60.6 Å². The average Bonchev–Trinajstić information content (AvgIpc) is 3.70. The summed E-state index contributed by atoms with van der Waals surface area (Å²) in [5.41, 5.74) is 4.24. The van der Waals surface area contributed by atoms with Crippen LogP contribution >= 0.6 is 0 Å². The molecule has 8 aromatic rings. The van der Waals surface area contributed by atoms with E-state index in [1.54, 1.807) is 24.3 Å². The standard InChI is InChI=1S/C64H57NO7/c1-2-3-27-44-68-62-57(65-60(66)54-42-25-26-43-55(54)61(65)67)59(69-45-47-28-11-4-12-29-47)58(72-64(51-36-19-8-20-37-51,52-38-21-9-22-39-52)53-40-23-10-24-41-53)56(71-62)46-70-63(48-30-13-5-14-31-48,49-32-15-6-16-33-49)50-34-17-7-18-35-50/h2,4-26,28-43,56-59,62H,1,3,27,44-46H2. The summed E-state index contributed by atoms with van der Waals surface area (Å²) in [5.74, 6) is -0.940. The van der Waals surface area contributed by atoms with Gasteiger partial charge in [0.15, 0.2) is 6.29 Å². The van der Waals surface area contributed by atoms with Crippen LogP contribution in [-0.2, 0) is 41.5 Å². The van der Waals surface area contributed by atoms with Crippen LogP contribution in [0.5, 0.6) is 0 Å². The highest BCUT2D eigenvalue weighted by molar-refractivity contribution is 6.21. The van der Waals surface area contributed by atoms with E-state index < -0.39 is 53.7 Å². The molecule has 2 amide bonds. The molecule has 0 aliphatic carbocycles. The number of hydrogen-bond acceptors (Lipinski definition) is 7. The molecule has 0 saturated carbocycles. The molecule has 2 aliphatic heterocycles. The third-order valence-electron chi connectivity index (χ3n) is 13.7. The molecule has 8 aromatic carbocycles. The number of nitrogens with zero attached hydrogens (tertiary/aromatic N) is 1. The van der Waals surface area contributed by atoms with Gasteiger partial charge in [0, 0.05) is 0 Å². The fourth-order valence-electron chi connectivity index (χ4n) is 10.3. The van der Waals surface area contributed by atoms with E-state index >= 15 is 0 Å². The quantitative estimate of drug-likeness (QED) is 0.0326. The lowest BCUT2D eigenvalue weighted by molar-refractivity contribution is -0.309. The Labute approximate surface area is 422 Å². The number of imide groups is 1. The Hall–Kier alpha value is -7.56. The largest absolute Gasteiger partial charge is 0.368 e. The van der Waals surface area contributed by atoms with E-state index in [-0.39, 0.29) is 19.8 Å². The number of amides is 2. The number of ether oxygens (including phenoxy) is 5. The van der Waals surface area contributed by atoms with Crippen LogP contribution in [0.2, 0.25) is 0 Å². The Morgan fingerprint density at radius 1 is 0.486 bits per heavy atom. The van der Waals surface area contributed by atoms with E-state index in [1.807, 2.05) is 146 Å². The van der Waals surface area contributed by atoms with E-state index in [0.29, 0.717) is 24.0 Å². The van der Waals surface area contributed by atoms with Crippen LogP contribution in [0.4, 0.5) is 0 Å². The highest BCUT2D eigenvalue weighted by Gasteiger charge is 2.58. The van der Waals surface area contributed by atoms with Gasteiger partial charge in [0.1, 0.15) is 35.6 Å². The molecule has 8 nitrogen and oxygen atoms in total. The van der Waals surface area contributed by atoms with Crippen LogP contribution < -0.4 is 0 Å². The normalized spacial score (nSPS) is 18.9. The number of hydrogen-bond donors (Lipinski definition) is 0. The maximum absolute atomic E-state index is 15.0. The molecule has 0 bridgehead atoms. The van der Waals surface area contributed by atoms with Gasteiger partial charge in [-0.1, -0.05) is 231 Å². The molecule has 2 aliphatic rings. The molecule has 0 aromatic heterocycles. The van der Waals surface area contributed by atoms with E-state index in [1.165, 1.54) is 4.90 Å². The summed E-state index contributed by atoms with van der Waals surface area (Å²) < 4.78 is 37.4. The third-order valence-corrected chi connectivity index (χ3v) is 13.7. The van der Waals surface area contributed by atoms with Crippen molar-refractivity contribution >= 4 is 11.8 Å². The van der Waals surface area contributed by atoms with Crippen molar-refractivity contribution in [2.75, 3.05) is 13.2 Å². The van der Waals surface area contributed by atoms with E-state index in [9.17, 15) is 9.59 Å². The topological polar surface area (TPSA) is 83.5 Å². The zero-order valence-electron chi connectivity index (χ0n) is 40.0. The number of unbranched alkanes of at least 4 members (excludes halogenated alkanes) is 1. The molecule has 360 valence electrons. The minimum Gasteiger partial charge on any atom is -0.368 e. The second kappa shape index (κ2) is 22.2. The first kappa shape index (κ1) is 48.1. The van der Waals surface area contributed by atoms with Crippen molar-refractivity contribution in [2.45, 2.75) is 61.3 Å². The molecular formula is C64H57NO7. The van der Waals surface area contributed by atoms with Crippen molar-refractivity contribution in [1.82, 2.24) is 4.90 Å². The van der Waals surface area contributed by atoms with Crippen LogP contribution in [0.15, 0.2) is 249 Å². The number of rotatable bonds is 20. The summed E-state index contributed by atoms with van der Waals surface area (Å²) in [6.07, 6.45) is -1.17. The summed E-state index contributed by atoms with van der Waals surface area (Å²) >= 11 is 0. The van der Waals surface area contributed by atoms with Crippen LogP contribution in [0.3, 0.4) is 0 Å². The van der Waals surface area contributed by atoms with Gasteiger partial charge in [0.2, 0.25) is 0 Å². The number of allylic oxidation sites excluding steroid dienone is 1. The number of carbonyl (C=O) groups excluding carboxylic acids is 2. The molecule has 5 unspecified atom stereocenters. The number of carbonyl (C=O) groups is 2. The predicted molar refractivity (Wildman–Crippen MR) is 279 cm³/mol. The first-order valence-corrected chi connectivity index (χ1v) is 24.7. The van der Waals surface area contributed by atoms with Gasteiger partial charge in [-0.3, -0.25) is 14.5 Å². The summed E-state index contributed by atoms with van der Waals surface area (Å²) in [6, 6.07) is 76.6. The Morgan fingerprint density at radius 2 is 0.875 bits per heavy atom. The van der Waals surface area contributed by atoms with Gasteiger partial charge in [0.05, 0.1) is 30.9 Å². The highest BCUT2D eigenvalue weighted by Crippen LogP contribution is 2.47. The maximum Gasteiger partial charge on any atom is 0.262 e. The van der Waals surface area contributed by atoms with Crippen LogP contribution in [0.1, 0.15) is 72.5 Å². The maximum atomic E-state index is 15.0. The Morgan fingerprint density at radius 3 is 1.29 bits per heavy atom. The van der Waals surface area contributed by atoms with Gasteiger partial charge in [-0.05, 0) is 63.9 Å². The van der Waals surface area contributed by atoms with E-state index in [0.717, 1.165) is 38.9 Å². The fraction of sp³-hybridized carbons (Fsp3) is 0.188. The molecule has 10 rings (SSSR count). The average molecular weight is 952 g/mol. The van der Waals surface area contributed by atoms with E-state index in [2.05, 4.69) is 79.4 Å². The second-order valence-electron chi connectivity index (χ2n) is 18.1. The minimum absolute atomic E-state index is 0.0651. The van der Waals surface area contributed by atoms with Gasteiger partial charge in [-0.25, -0.2) is 0 Å². The lowest BCUT2D eigenvalue weighted by atomic mass is 9.79. The highest BCUT2D eigenvalue weighted by atomic mass is 16.7. The Kier molecular flexibility index (Phi) is 14.9. The first-order chi connectivity index (χ1) is 35.5. The van der Waals surface area contributed by atoms with Crippen molar-refractivity contribution in [2.24, 2.45) is 0 Å². The van der Waals surface area contributed by atoms with Crippen molar-refractivity contribution < 1.29 is 33.3 Å². The molecule has 1 fully saturated rings. The predicted octanol–water partition coefficient (Wildman–Crippen LogP) is 12.3. The second-order valence-corrected chi connectivity index (χ2v) is 18.1. The van der Waals surface area contributed by atoms with Crippen molar-refractivity contribution in [3.63, 3.8) is 0 Å². The van der Waals surface area contributed by atoms with Crippen LogP contribution in [0, 0.1) is 0 Å². The van der Waals surface area contributed by atoms with Gasteiger partial charge in [0.25, 0.3) is 11.8 Å². The van der Waals surface area contributed by atoms with Gasteiger partial charge < -0.3 is 23.7 Å². The summed E-state index contributed by atoms with van der Waals surface area (Å²) in [4.78, 5) is 31.2. The molecule has 5 atom stereocenters. The Balaban J connectivity index is 1.21. The van der Waals surface area contributed by atoms with Crippen LogP contribution in [0.25, 0.3) is 0 Å². The van der Waals surface area contributed by atoms with Crippen molar-refractivity contribution in [3.05, 3.63) is 299 Å². The van der Waals surface area contributed by atoms with E-state index in [4.69, 9.17) is 23.7 Å². The smallest absolute Gasteiger partial charge is 0.262 e. The fourth-order valence-corrected chi connectivity index (χ4v) is 10.3. The zero-order chi connectivity index (χ0) is 49.2. The summed E-state index contributed by atoms with van der Waals surface area (Å²) in [5, 5.41) is 0. The van der Waals surface area contributed by atoms with Gasteiger partial charge >= 0.3 is 0 Å². The summed E-state index contributed by atoms with van der Waals surface area (Å²) in [7, 11) is 0. The Bertz CT molecular complexity index is 2790. The first-order valence-electron chi connectivity index (χ1n) is 24.7. The molecule has 0 spiro atoms. The minimum atomic E-state index is -1.32. The number of fused-ring (bicyclic) bond motifs is 1. The van der Waals surface area contributed by atoms with Gasteiger partial charge in [-0.2, -0.15) is 0 Å². The molecule has 0 radical (unpaired) electrons. The molecule has 0 N–H and O–H groups in total. The molecule has 1 saturated heterocycles. The van der Waals surface area contributed by atoms with Crippen molar-refractivity contribution in [1.29, 1.82) is 0 Å². The monoisotopic (exact) mass is 951 g/mol. The summed E-state index contributed by atoms with van der Waals surface area (Å²) in [6.45, 7) is 4.23. The van der Waals surface area contributed by atoms with Gasteiger partial charge in [-0.15, -0.1) is 6.58 Å². The van der Waals surface area contributed by atoms with Crippen molar-refractivity contribution in [3.8, 4) is 0 Å². The number of benzene rings is 8. The lowest BCUT2D eigenvalue weighted by Gasteiger charge is -2.51. The molecular weight excluding hydrogens is 895 g/mol. The lowest BCUT2D eigenvalue weighted by Crippen LogP contribution is -2.68. The molecule has 2 heterocycles. The third kappa shape index (κ3) is 9.51.